The minimum absolute atomic E-state index is 0.0764. The van der Waals surface area contributed by atoms with E-state index in [1.165, 1.54) is 39.9 Å². The van der Waals surface area contributed by atoms with E-state index in [0.717, 1.165) is 28.0 Å². The van der Waals surface area contributed by atoms with Crippen LogP contribution in [0.25, 0.3) is 10.2 Å². The molecule has 0 atom stereocenters. The molecular weight excluding hydrogens is 450 g/mol. The molecule has 1 amide bonds. The van der Waals surface area contributed by atoms with Gasteiger partial charge < -0.3 is 4.57 Å². The maximum atomic E-state index is 12.8. The summed E-state index contributed by atoms with van der Waals surface area (Å²) in [5.74, 6) is 2.17. The Balaban J connectivity index is 1.68. The quantitative estimate of drug-likeness (QED) is 0.407. The summed E-state index contributed by atoms with van der Waals surface area (Å²) in [5.41, 5.74) is 1.25. The standard InChI is InChI=1S/C22H21N3O3S3/c1-4-13-25-19-12-9-17(29-3)14-20(19)30-22(25)23-21(26)15-5-10-18(11-6-15)31(27,28)24(2)16-7-8-16/h1,5-6,9-12,14,16H,7-8,13H2,2-3H3. The van der Waals surface area contributed by atoms with Crippen molar-refractivity contribution < 1.29 is 13.2 Å². The molecule has 0 aliphatic heterocycles. The van der Waals surface area contributed by atoms with Gasteiger partial charge in [-0.3, -0.25) is 4.79 Å². The molecule has 1 heterocycles. The highest BCUT2D eigenvalue weighted by molar-refractivity contribution is 7.98. The van der Waals surface area contributed by atoms with Crippen molar-refractivity contribution >= 4 is 49.2 Å². The van der Waals surface area contributed by atoms with E-state index >= 15 is 0 Å². The largest absolute Gasteiger partial charge is 0.305 e. The number of thiazole rings is 1. The second-order valence-electron chi connectivity index (χ2n) is 7.20. The molecule has 2 aromatic carbocycles. The van der Waals surface area contributed by atoms with Crippen molar-refractivity contribution in [2.24, 2.45) is 4.99 Å². The first-order chi connectivity index (χ1) is 14.8. The van der Waals surface area contributed by atoms with Gasteiger partial charge in [-0.2, -0.15) is 9.30 Å². The number of carbonyl (C=O) groups is 1. The van der Waals surface area contributed by atoms with Crippen molar-refractivity contribution in [3.05, 3.63) is 52.8 Å². The molecule has 0 saturated heterocycles. The lowest BCUT2D eigenvalue weighted by Gasteiger charge is -2.16. The van der Waals surface area contributed by atoms with Gasteiger partial charge >= 0.3 is 0 Å². The van der Waals surface area contributed by atoms with Crippen LogP contribution in [0.2, 0.25) is 0 Å². The van der Waals surface area contributed by atoms with Crippen LogP contribution in [0.5, 0.6) is 0 Å². The first-order valence-electron chi connectivity index (χ1n) is 9.63. The van der Waals surface area contributed by atoms with Gasteiger partial charge in [0, 0.05) is 23.5 Å². The number of carbonyl (C=O) groups excluding carboxylic acids is 1. The van der Waals surface area contributed by atoms with Gasteiger partial charge in [-0.05, 0) is 61.6 Å². The van der Waals surface area contributed by atoms with Crippen LogP contribution in [-0.4, -0.2) is 42.5 Å². The number of rotatable bonds is 6. The summed E-state index contributed by atoms with van der Waals surface area (Å²) < 4.78 is 29.5. The molecular formula is C22H21N3O3S3. The first-order valence-corrected chi connectivity index (χ1v) is 13.1. The summed E-state index contributed by atoms with van der Waals surface area (Å²) in [7, 11) is -1.96. The van der Waals surface area contributed by atoms with Crippen molar-refractivity contribution in [2.45, 2.75) is 35.2 Å². The Morgan fingerprint density at radius 2 is 2.00 bits per heavy atom. The monoisotopic (exact) mass is 471 g/mol. The molecule has 0 N–H and O–H groups in total. The van der Waals surface area contributed by atoms with Crippen molar-refractivity contribution in [2.75, 3.05) is 13.3 Å². The number of amides is 1. The van der Waals surface area contributed by atoms with Crippen molar-refractivity contribution in [1.82, 2.24) is 8.87 Å². The highest BCUT2D eigenvalue weighted by Gasteiger charge is 2.35. The Labute approximate surface area is 189 Å². The predicted molar refractivity (Wildman–Crippen MR) is 125 cm³/mol. The molecule has 1 aliphatic carbocycles. The number of thioether (sulfide) groups is 1. The zero-order valence-corrected chi connectivity index (χ0v) is 19.6. The van der Waals surface area contributed by atoms with E-state index in [4.69, 9.17) is 6.42 Å². The number of benzene rings is 2. The molecule has 0 unspecified atom stereocenters. The third-order valence-electron chi connectivity index (χ3n) is 5.18. The number of hydrogen-bond donors (Lipinski definition) is 0. The Bertz CT molecular complexity index is 1360. The summed E-state index contributed by atoms with van der Waals surface area (Å²) in [6.07, 6.45) is 9.30. The molecule has 0 bridgehead atoms. The molecule has 160 valence electrons. The summed E-state index contributed by atoms with van der Waals surface area (Å²) in [6, 6.07) is 12.0. The van der Waals surface area contributed by atoms with Gasteiger partial charge in [0.2, 0.25) is 10.0 Å². The summed E-state index contributed by atoms with van der Waals surface area (Å²) >= 11 is 3.04. The molecule has 1 saturated carbocycles. The summed E-state index contributed by atoms with van der Waals surface area (Å²) in [5, 5.41) is 0. The molecule has 9 heteroatoms. The van der Waals surface area contributed by atoms with Gasteiger partial charge in [0.1, 0.15) is 0 Å². The fourth-order valence-electron chi connectivity index (χ4n) is 3.23. The molecule has 3 aromatic rings. The molecule has 6 nitrogen and oxygen atoms in total. The average Bonchev–Trinajstić information content (AvgIpc) is 3.57. The number of aromatic nitrogens is 1. The molecule has 0 spiro atoms. The minimum Gasteiger partial charge on any atom is -0.305 e. The smallest absolute Gasteiger partial charge is 0.279 e. The topological polar surface area (TPSA) is 71.7 Å². The van der Waals surface area contributed by atoms with E-state index in [2.05, 4.69) is 17.0 Å². The van der Waals surface area contributed by atoms with Crippen LogP contribution in [-0.2, 0) is 16.6 Å². The lowest BCUT2D eigenvalue weighted by atomic mass is 10.2. The Morgan fingerprint density at radius 3 is 2.61 bits per heavy atom. The number of sulfonamides is 1. The molecule has 31 heavy (non-hydrogen) atoms. The Morgan fingerprint density at radius 1 is 1.29 bits per heavy atom. The number of terminal acetylenes is 1. The van der Waals surface area contributed by atoms with Gasteiger partial charge in [0.15, 0.2) is 4.80 Å². The van der Waals surface area contributed by atoms with Gasteiger partial charge in [-0.25, -0.2) is 8.42 Å². The van der Waals surface area contributed by atoms with Crippen LogP contribution in [0, 0.1) is 12.3 Å². The molecule has 1 fully saturated rings. The number of fused-ring (bicyclic) bond motifs is 1. The van der Waals surface area contributed by atoms with Crippen LogP contribution in [0.15, 0.2) is 57.2 Å². The van der Waals surface area contributed by atoms with Crippen LogP contribution in [0.1, 0.15) is 23.2 Å². The lowest BCUT2D eigenvalue weighted by Crippen LogP contribution is -2.28. The normalized spacial score (nSPS) is 14.8. The van der Waals surface area contributed by atoms with Gasteiger partial charge in [-0.1, -0.05) is 17.3 Å². The lowest BCUT2D eigenvalue weighted by molar-refractivity contribution is 0.0998. The van der Waals surface area contributed by atoms with E-state index in [9.17, 15) is 13.2 Å². The average molecular weight is 472 g/mol. The van der Waals surface area contributed by atoms with Crippen molar-refractivity contribution in [3.63, 3.8) is 0 Å². The maximum absolute atomic E-state index is 12.8. The minimum atomic E-state index is -3.55. The third kappa shape index (κ3) is 4.34. The van der Waals surface area contributed by atoms with Gasteiger partial charge in [0.05, 0.1) is 21.7 Å². The zero-order valence-electron chi connectivity index (χ0n) is 17.1. The van der Waals surface area contributed by atoms with Gasteiger partial charge in [-0.15, -0.1) is 18.2 Å². The summed E-state index contributed by atoms with van der Waals surface area (Å²) in [6.45, 7) is 0.301. The van der Waals surface area contributed by atoms with Gasteiger partial charge in [0.25, 0.3) is 5.91 Å². The molecule has 0 radical (unpaired) electrons. The summed E-state index contributed by atoms with van der Waals surface area (Å²) in [4.78, 5) is 18.9. The van der Waals surface area contributed by atoms with Crippen molar-refractivity contribution in [3.8, 4) is 12.3 Å². The van der Waals surface area contributed by atoms with Crippen LogP contribution in [0.4, 0.5) is 0 Å². The fourth-order valence-corrected chi connectivity index (χ4v) is 6.23. The van der Waals surface area contributed by atoms with E-state index < -0.39 is 15.9 Å². The molecule has 4 rings (SSSR count). The van der Waals surface area contributed by atoms with Crippen molar-refractivity contribution in [1.29, 1.82) is 0 Å². The third-order valence-corrected chi connectivity index (χ3v) is 8.87. The van der Waals surface area contributed by atoms with E-state index in [0.29, 0.717) is 16.9 Å². The number of hydrogen-bond acceptors (Lipinski definition) is 5. The molecule has 1 aliphatic rings. The number of nitrogens with zero attached hydrogens (tertiary/aromatic N) is 3. The van der Waals surface area contributed by atoms with E-state index in [1.54, 1.807) is 18.8 Å². The highest BCUT2D eigenvalue weighted by atomic mass is 32.2. The Kier molecular flexibility index (Phi) is 6.08. The predicted octanol–water partition coefficient (Wildman–Crippen LogP) is 3.58. The maximum Gasteiger partial charge on any atom is 0.279 e. The Hall–Kier alpha value is -2.38. The van der Waals surface area contributed by atoms with Crippen LogP contribution >= 0.6 is 23.1 Å². The van der Waals surface area contributed by atoms with E-state index in [-0.39, 0.29) is 10.9 Å². The second-order valence-corrected chi connectivity index (χ2v) is 11.1. The highest BCUT2D eigenvalue weighted by Crippen LogP contribution is 2.30. The van der Waals surface area contributed by atoms with Crippen LogP contribution in [0.3, 0.4) is 0 Å². The second kappa shape index (κ2) is 8.63. The van der Waals surface area contributed by atoms with Crippen LogP contribution < -0.4 is 4.80 Å². The fraction of sp³-hybridized carbons (Fsp3) is 0.273. The zero-order chi connectivity index (χ0) is 22.2. The van der Waals surface area contributed by atoms with E-state index in [1.807, 2.05) is 23.0 Å². The SMILES string of the molecule is C#CCn1c(=NC(=O)c2ccc(S(=O)(=O)N(C)C3CC3)cc2)sc2cc(SC)ccc21. The first kappa shape index (κ1) is 21.8. The molecule has 1 aromatic heterocycles.